The van der Waals surface area contributed by atoms with Crippen LogP contribution in [0.2, 0.25) is 0 Å². The molecule has 1 aromatic heterocycles. The molecule has 1 amide bonds. The molecule has 0 unspecified atom stereocenters. The summed E-state index contributed by atoms with van der Waals surface area (Å²) in [7, 11) is -0.931. The van der Waals surface area contributed by atoms with Crippen LogP contribution in [0.4, 0.5) is 5.69 Å². The fourth-order valence-corrected chi connectivity index (χ4v) is 3.88. The fraction of sp³-hybridized carbons (Fsp3) is 0.150. The minimum absolute atomic E-state index is 0.135. The van der Waals surface area contributed by atoms with Crippen LogP contribution in [0, 0.1) is 0 Å². The van der Waals surface area contributed by atoms with E-state index in [1.165, 1.54) is 33.8 Å². The Morgan fingerprint density at radius 2 is 1.60 bits per heavy atom. The zero-order valence-electron chi connectivity index (χ0n) is 16.4. The summed E-state index contributed by atoms with van der Waals surface area (Å²) in [6, 6.07) is 10.7. The van der Waals surface area contributed by atoms with Gasteiger partial charge in [-0.15, -0.1) is 0 Å². The van der Waals surface area contributed by atoms with Crippen molar-refractivity contribution >= 4 is 44.5 Å². The number of benzene rings is 2. The standard InChI is InChI=1S/C20H18N4O5S/c1-12-16(10-13-4-9-17-18(11-13)23(3)20(26)22(17)2)19(25)24(21-12)14-5-7-15(8-6-14)30(27,28)29/h4-11H,1-3H3,(H,27,28,29). The highest BCUT2D eigenvalue weighted by atomic mass is 32.2. The minimum Gasteiger partial charge on any atom is -0.295 e. The second kappa shape index (κ2) is 6.78. The smallest absolute Gasteiger partial charge is 0.295 e. The summed E-state index contributed by atoms with van der Waals surface area (Å²) in [6.45, 7) is 1.70. The van der Waals surface area contributed by atoms with Crippen LogP contribution < -0.4 is 10.7 Å². The van der Waals surface area contributed by atoms with Gasteiger partial charge in [-0.05, 0) is 55.0 Å². The molecule has 10 heteroatoms. The molecule has 9 nitrogen and oxygen atoms in total. The highest BCUT2D eigenvalue weighted by molar-refractivity contribution is 7.85. The number of hydrazone groups is 1. The molecule has 2 aromatic carbocycles. The van der Waals surface area contributed by atoms with Crippen LogP contribution in [-0.4, -0.2) is 33.7 Å². The van der Waals surface area contributed by atoms with Gasteiger partial charge in [0, 0.05) is 14.1 Å². The van der Waals surface area contributed by atoms with Crippen molar-refractivity contribution in [2.24, 2.45) is 19.2 Å². The Morgan fingerprint density at radius 1 is 0.967 bits per heavy atom. The number of anilines is 1. The van der Waals surface area contributed by atoms with E-state index >= 15 is 0 Å². The average Bonchev–Trinajstić information content (AvgIpc) is 3.10. The van der Waals surface area contributed by atoms with E-state index in [0.29, 0.717) is 17.0 Å². The molecule has 1 aliphatic rings. The molecule has 1 aliphatic heterocycles. The van der Waals surface area contributed by atoms with Gasteiger partial charge in [-0.25, -0.2) is 4.79 Å². The molecule has 0 atom stereocenters. The second-order valence-electron chi connectivity index (χ2n) is 6.98. The van der Waals surface area contributed by atoms with Crippen molar-refractivity contribution in [3.8, 4) is 0 Å². The van der Waals surface area contributed by atoms with Crippen LogP contribution in [0.5, 0.6) is 0 Å². The Bertz CT molecular complexity index is 1430. The number of imidazole rings is 1. The first-order valence-electron chi connectivity index (χ1n) is 8.92. The molecule has 2 heterocycles. The quantitative estimate of drug-likeness (QED) is 0.508. The predicted octanol–water partition coefficient (Wildman–Crippen LogP) is 1.93. The van der Waals surface area contributed by atoms with Crippen molar-refractivity contribution in [1.82, 2.24) is 9.13 Å². The number of aryl methyl sites for hydroxylation is 2. The van der Waals surface area contributed by atoms with Crippen molar-refractivity contribution in [2.45, 2.75) is 11.8 Å². The Kier molecular flexibility index (Phi) is 4.48. The van der Waals surface area contributed by atoms with Gasteiger partial charge in [-0.3, -0.25) is 18.5 Å². The molecule has 0 saturated heterocycles. The topological polar surface area (TPSA) is 114 Å². The molecule has 0 bridgehead atoms. The molecule has 0 aliphatic carbocycles. The number of fused-ring (bicyclic) bond motifs is 1. The van der Waals surface area contributed by atoms with Gasteiger partial charge in [-0.2, -0.15) is 18.5 Å². The van der Waals surface area contributed by atoms with Gasteiger partial charge in [0.1, 0.15) is 0 Å². The van der Waals surface area contributed by atoms with Gasteiger partial charge in [0.15, 0.2) is 0 Å². The zero-order chi connectivity index (χ0) is 21.8. The minimum atomic E-state index is -4.32. The molecule has 1 N–H and O–H groups in total. The van der Waals surface area contributed by atoms with E-state index in [1.54, 1.807) is 31.7 Å². The number of hydrogen-bond donors (Lipinski definition) is 1. The van der Waals surface area contributed by atoms with Gasteiger partial charge in [0.2, 0.25) is 0 Å². The van der Waals surface area contributed by atoms with Gasteiger partial charge in [0.25, 0.3) is 16.0 Å². The number of amides is 1. The number of hydrogen-bond acceptors (Lipinski definition) is 5. The normalized spacial score (nSPS) is 16.0. The summed E-state index contributed by atoms with van der Waals surface area (Å²) in [4.78, 5) is 24.8. The zero-order valence-corrected chi connectivity index (χ0v) is 17.2. The molecule has 0 spiro atoms. The van der Waals surface area contributed by atoms with Crippen LogP contribution in [0.15, 0.2) is 62.8 Å². The Hall–Kier alpha value is -3.50. The summed E-state index contributed by atoms with van der Waals surface area (Å²) in [5.74, 6) is -0.367. The van der Waals surface area contributed by atoms with Crippen molar-refractivity contribution in [3.05, 3.63) is 64.1 Å². The van der Waals surface area contributed by atoms with E-state index in [0.717, 1.165) is 16.6 Å². The molecule has 0 saturated carbocycles. The van der Waals surface area contributed by atoms with Crippen molar-refractivity contribution in [3.63, 3.8) is 0 Å². The maximum Gasteiger partial charge on any atom is 0.328 e. The lowest BCUT2D eigenvalue weighted by atomic mass is 10.1. The van der Waals surface area contributed by atoms with Crippen LogP contribution in [0.25, 0.3) is 17.1 Å². The third kappa shape index (κ3) is 3.15. The summed E-state index contributed by atoms with van der Waals surface area (Å²) in [6.07, 6.45) is 1.70. The molecule has 4 rings (SSSR count). The molecule has 0 radical (unpaired) electrons. The van der Waals surface area contributed by atoms with Gasteiger partial charge < -0.3 is 0 Å². The third-order valence-electron chi connectivity index (χ3n) is 5.05. The van der Waals surface area contributed by atoms with E-state index in [-0.39, 0.29) is 16.5 Å². The van der Waals surface area contributed by atoms with Crippen molar-refractivity contribution in [2.75, 3.05) is 5.01 Å². The number of carbonyl (C=O) groups excluding carboxylic acids is 1. The molecule has 154 valence electrons. The van der Waals surface area contributed by atoms with E-state index < -0.39 is 10.1 Å². The number of nitrogens with zero attached hydrogens (tertiary/aromatic N) is 4. The van der Waals surface area contributed by atoms with E-state index in [1.807, 2.05) is 18.2 Å². The lowest BCUT2D eigenvalue weighted by Gasteiger charge is -2.12. The van der Waals surface area contributed by atoms with Gasteiger partial charge >= 0.3 is 5.69 Å². The summed E-state index contributed by atoms with van der Waals surface area (Å²) < 4.78 is 34.6. The van der Waals surface area contributed by atoms with Crippen molar-refractivity contribution in [1.29, 1.82) is 0 Å². The molecular weight excluding hydrogens is 408 g/mol. The van der Waals surface area contributed by atoms with Crippen LogP contribution in [-0.2, 0) is 29.0 Å². The second-order valence-corrected chi connectivity index (χ2v) is 8.40. The van der Waals surface area contributed by atoms with E-state index in [2.05, 4.69) is 5.10 Å². The number of aromatic nitrogens is 2. The predicted molar refractivity (Wildman–Crippen MR) is 113 cm³/mol. The van der Waals surface area contributed by atoms with E-state index in [9.17, 15) is 18.0 Å². The maximum absolute atomic E-state index is 12.9. The first-order chi connectivity index (χ1) is 14.1. The maximum atomic E-state index is 12.9. The lowest BCUT2D eigenvalue weighted by molar-refractivity contribution is -0.114. The first kappa shape index (κ1) is 19.8. The molecule has 3 aromatic rings. The summed E-state index contributed by atoms with van der Waals surface area (Å²) in [5, 5.41) is 5.44. The van der Waals surface area contributed by atoms with Crippen LogP contribution >= 0.6 is 0 Å². The Morgan fingerprint density at radius 3 is 2.23 bits per heavy atom. The Balaban J connectivity index is 1.70. The van der Waals surface area contributed by atoms with Crippen LogP contribution in [0.1, 0.15) is 12.5 Å². The molecule has 30 heavy (non-hydrogen) atoms. The van der Waals surface area contributed by atoms with Crippen LogP contribution in [0.3, 0.4) is 0 Å². The lowest BCUT2D eigenvalue weighted by Crippen LogP contribution is -2.21. The number of carbonyl (C=O) groups is 1. The average molecular weight is 426 g/mol. The Labute approximate surface area is 171 Å². The third-order valence-corrected chi connectivity index (χ3v) is 5.92. The first-order valence-corrected chi connectivity index (χ1v) is 10.4. The monoisotopic (exact) mass is 426 g/mol. The SMILES string of the molecule is CC1=NN(c2ccc(S(=O)(=O)O)cc2)C(=O)C1=Cc1ccc2c(c1)n(C)c(=O)n2C. The highest BCUT2D eigenvalue weighted by Gasteiger charge is 2.29. The summed E-state index contributed by atoms with van der Waals surface area (Å²) in [5.41, 5.74) is 3.39. The van der Waals surface area contributed by atoms with Gasteiger partial charge in [0.05, 0.1) is 32.9 Å². The molecular formula is C20H18N4O5S. The number of rotatable bonds is 3. The molecule has 0 fully saturated rings. The largest absolute Gasteiger partial charge is 0.328 e. The van der Waals surface area contributed by atoms with Crippen molar-refractivity contribution < 1.29 is 17.8 Å². The highest BCUT2D eigenvalue weighted by Crippen LogP contribution is 2.26. The van der Waals surface area contributed by atoms with E-state index in [4.69, 9.17) is 4.55 Å². The fourth-order valence-electron chi connectivity index (χ4n) is 3.40. The van der Waals surface area contributed by atoms with Gasteiger partial charge in [-0.1, -0.05) is 6.07 Å². The summed E-state index contributed by atoms with van der Waals surface area (Å²) >= 11 is 0.